The molecule has 0 aliphatic carbocycles. The van der Waals surface area contributed by atoms with Crippen molar-refractivity contribution in [3.05, 3.63) is 29.8 Å². The number of thioether (sulfide) groups is 1. The van der Waals surface area contributed by atoms with Gasteiger partial charge in [0, 0.05) is 29.2 Å². The Morgan fingerprint density at radius 1 is 1.42 bits per heavy atom. The summed E-state index contributed by atoms with van der Waals surface area (Å²) in [5, 5.41) is 9.62. The molecule has 1 saturated heterocycles. The fourth-order valence-corrected chi connectivity index (χ4v) is 4.70. The SMILES string of the molecule is CC(O)CC1CCCN1CC1CSc2ccccc21. The van der Waals surface area contributed by atoms with Gasteiger partial charge in [-0.2, -0.15) is 0 Å². The Morgan fingerprint density at radius 3 is 3.11 bits per heavy atom. The van der Waals surface area contributed by atoms with Crippen LogP contribution in [0.15, 0.2) is 29.2 Å². The monoisotopic (exact) mass is 277 g/mol. The van der Waals surface area contributed by atoms with E-state index in [9.17, 15) is 5.11 Å². The van der Waals surface area contributed by atoms with Gasteiger partial charge in [0.1, 0.15) is 0 Å². The summed E-state index contributed by atoms with van der Waals surface area (Å²) in [6.45, 7) is 4.29. The predicted octanol–water partition coefficient (Wildman–Crippen LogP) is 3.11. The maximum atomic E-state index is 9.62. The lowest BCUT2D eigenvalue weighted by atomic mass is 9.99. The van der Waals surface area contributed by atoms with Crippen LogP contribution < -0.4 is 0 Å². The van der Waals surface area contributed by atoms with Gasteiger partial charge in [0.2, 0.25) is 0 Å². The lowest BCUT2D eigenvalue weighted by Crippen LogP contribution is -2.35. The Bertz CT molecular complexity index is 435. The molecular weight excluding hydrogens is 254 g/mol. The van der Waals surface area contributed by atoms with Crippen LogP contribution in [-0.4, -0.2) is 41.0 Å². The molecule has 3 unspecified atom stereocenters. The maximum Gasteiger partial charge on any atom is 0.0527 e. The molecule has 0 aromatic heterocycles. The minimum atomic E-state index is -0.171. The van der Waals surface area contributed by atoms with Gasteiger partial charge in [-0.3, -0.25) is 4.90 Å². The largest absolute Gasteiger partial charge is 0.393 e. The molecule has 0 spiro atoms. The lowest BCUT2D eigenvalue weighted by molar-refractivity contribution is 0.131. The second kappa shape index (κ2) is 5.86. The molecule has 0 saturated carbocycles. The Labute approximate surface area is 120 Å². The van der Waals surface area contributed by atoms with Crippen molar-refractivity contribution >= 4 is 11.8 Å². The highest BCUT2D eigenvalue weighted by molar-refractivity contribution is 7.99. The van der Waals surface area contributed by atoms with Crippen molar-refractivity contribution in [2.75, 3.05) is 18.8 Å². The van der Waals surface area contributed by atoms with Gasteiger partial charge in [0.05, 0.1) is 6.10 Å². The summed E-state index contributed by atoms with van der Waals surface area (Å²) in [4.78, 5) is 4.08. The molecule has 0 bridgehead atoms. The lowest BCUT2D eigenvalue weighted by Gasteiger charge is -2.28. The Kier molecular flexibility index (Phi) is 4.15. The summed E-state index contributed by atoms with van der Waals surface area (Å²) in [5.74, 6) is 1.90. The summed E-state index contributed by atoms with van der Waals surface area (Å²) in [7, 11) is 0. The average molecular weight is 277 g/mol. The minimum Gasteiger partial charge on any atom is -0.393 e. The zero-order valence-electron chi connectivity index (χ0n) is 11.6. The van der Waals surface area contributed by atoms with E-state index in [1.807, 2.05) is 18.7 Å². The number of likely N-dealkylation sites (tertiary alicyclic amines) is 1. The number of rotatable bonds is 4. The van der Waals surface area contributed by atoms with Gasteiger partial charge in [-0.15, -0.1) is 11.8 Å². The molecule has 3 heteroatoms. The van der Waals surface area contributed by atoms with Crippen LogP contribution in [0, 0.1) is 0 Å². The fraction of sp³-hybridized carbons (Fsp3) is 0.625. The molecule has 19 heavy (non-hydrogen) atoms. The van der Waals surface area contributed by atoms with Crippen LogP contribution in [0.4, 0.5) is 0 Å². The molecule has 1 aromatic rings. The van der Waals surface area contributed by atoms with E-state index in [-0.39, 0.29) is 6.10 Å². The molecule has 0 radical (unpaired) electrons. The van der Waals surface area contributed by atoms with Crippen molar-refractivity contribution in [2.24, 2.45) is 0 Å². The van der Waals surface area contributed by atoms with Crippen molar-refractivity contribution in [3.8, 4) is 0 Å². The normalized spacial score (nSPS) is 28.5. The molecule has 0 amide bonds. The van der Waals surface area contributed by atoms with Crippen LogP contribution >= 0.6 is 11.8 Å². The molecule has 2 aliphatic heterocycles. The van der Waals surface area contributed by atoms with E-state index in [1.165, 1.54) is 42.1 Å². The Morgan fingerprint density at radius 2 is 2.26 bits per heavy atom. The summed E-state index contributed by atoms with van der Waals surface area (Å²) < 4.78 is 0. The Hall–Kier alpha value is -0.510. The van der Waals surface area contributed by atoms with E-state index in [1.54, 1.807) is 0 Å². The molecule has 1 fully saturated rings. The average Bonchev–Trinajstić information content (AvgIpc) is 2.98. The number of hydrogen-bond acceptors (Lipinski definition) is 3. The van der Waals surface area contributed by atoms with Crippen LogP contribution in [0.3, 0.4) is 0 Å². The molecule has 1 aromatic carbocycles. The van der Waals surface area contributed by atoms with E-state index in [2.05, 4.69) is 29.2 Å². The minimum absolute atomic E-state index is 0.171. The van der Waals surface area contributed by atoms with Crippen LogP contribution in [0.25, 0.3) is 0 Å². The first-order valence-electron chi connectivity index (χ1n) is 7.38. The molecule has 2 heterocycles. The number of aliphatic hydroxyl groups is 1. The number of aliphatic hydroxyl groups excluding tert-OH is 1. The van der Waals surface area contributed by atoms with Crippen LogP contribution in [0.1, 0.15) is 37.7 Å². The fourth-order valence-electron chi connectivity index (χ4n) is 3.46. The maximum absolute atomic E-state index is 9.62. The van der Waals surface area contributed by atoms with Crippen LogP contribution in [0.5, 0.6) is 0 Å². The predicted molar refractivity (Wildman–Crippen MR) is 80.8 cm³/mol. The highest BCUT2D eigenvalue weighted by Gasteiger charge is 2.30. The van der Waals surface area contributed by atoms with Crippen molar-refractivity contribution in [1.29, 1.82) is 0 Å². The van der Waals surface area contributed by atoms with Gasteiger partial charge in [-0.1, -0.05) is 18.2 Å². The first-order valence-corrected chi connectivity index (χ1v) is 8.36. The van der Waals surface area contributed by atoms with E-state index in [0.29, 0.717) is 12.0 Å². The zero-order valence-corrected chi connectivity index (χ0v) is 12.4. The second-order valence-electron chi connectivity index (χ2n) is 5.92. The van der Waals surface area contributed by atoms with Crippen LogP contribution in [0.2, 0.25) is 0 Å². The van der Waals surface area contributed by atoms with E-state index < -0.39 is 0 Å². The first kappa shape index (κ1) is 13.5. The zero-order chi connectivity index (χ0) is 13.2. The topological polar surface area (TPSA) is 23.5 Å². The molecule has 2 nitrogen and oxygen atoms in total. The summed E-state index contributed by atoms with van der Waals surface area (Å²) in [6.07, 6.45) is 3.31. The molecule has 2 aliphatic rings. The smallest absolute Gasteiger partial charge is 0.0527 e. The Balaban J connectivity index is 1.66. The van der Waals surface area contributed by atoms with Crippen molar-refractivity contribution < 1.29 is 5.11 Å². The van der Waals surface area contributed by atoms with Gasteiger partial charge < -0.3 is 5.11 Å². The van der Waals surface area contributed by atoms with Gasteiger partial charge in [-0.05, 0) is 44.4 Å². The van der Waals surface area contributed by atoms with Gasteiger partial charge in [0.25, 0.3) is 0 Å². The van der Waals surface area contributed by atoms with Gasteiger partial charge >= 0.3 is 0 Å². The molecule has 1 N–H and O–H groups in total. The number of fused-ring (bicyclic) bond motifs is 1. The molecular formula is C16H23NOS. The van der Waals surface area contributed by atoms with Crippen molar-refractivity contribution in [2.45, 2.75) is 49.1 Å². The van der Waals surface area contributed by atoms with E-state index in [4.69, 9.17) is 0 Å². The number of benzene rings is 1. The van der Waals surface area contributed by atoms with Crippen molar-refractivity contribution in [1.82, 2.24) is 4.90 Å². The van der Waals surface area contributed by atoms with Gasteiger partial charge in [0.15, 0.2) is 0 Å². The van der Waals surface area contributed by atoms with Crippen molar-refractivity contribution in [3.63, 3.8) is 0 Å². The number of nitrogens with zero attached hydrogens (tertiary/aromatic N) is 1. The standard InChI is InChI=1S/C16H23NOS/c1-12(18)9-14-5-4-8-17(14)10-13-11-19-16-7-3-2-6-15(13)16/h2-3,6-7,12-14,18H,4-5,8-11H2,1H3. The molecule has 3 rings (SSSR count). The summed E-state index contributed by atoms with van der Waals surface area (Å²) in [6, 6.07) is 9.43. The third kappa shape index (κ3) is 2.99. The second-order valence-corrected chi connectivity index (χ2v) is 6.98. The van der Waals surface area contributed by atoms with E-state index >= 15 is 0 Å². The van der Waals surface area contributed by atoms with E-state index in [0.717, 1.165) is 6.42 Å². The van der Waals surface area contributed by atoms with Gasteiger partial charge in [-0.25, -0.2) is 0 Å². The van der Waals surface area contributed by atoms with Crippen LogP contribution in [-0.2, 0) is 0 Å². The summed E-state index contributed by atoms with van der Waals surface area (Å²) >= 11 is 2.00. The molecule has 104 valence electrons. The summed E-state index contributed by atoms with van der Waals surface area (Å²) in [5.41, 5.74) is 1.54. The first-order chi connectivity index (χ1) is 9.24. The highest BCUT2D eigenvalue weighted by atomic mass is 32.2. The third-order valence-corrected chi connectivity index (χ3v) is 5.62. The third-order valence-electron chi connectivity index (χ3n) is 4.37. The quantitative estimate of drug-likeness (QED) is 0.915. The highest BCUT2D eigenvalue weighted by Crippen LogP contribution is 2.40. The number of hydrogen-bond donors (Lipinski definition) is 1. The molecule has 3 atom stereocenters.